The van der Waals surface area contributed by atoms with Gasteiger partial charge in [0.25, 0.3) is 5.91 Å². The van der Waals surface area contributed by atoms with Crippen LogP contribution in [0.5, 0.6) is 0 Å². The largest absolute Gasteiger partial charge is 0.352 e. The standard InChI is InChI=1S/C14H17BrF3NO/c1-2-3-9(4-5-15)8-19-14(20)10-6-11(16)13(18)12(17)7-10/h6-7,9H,2-5,8H2,1H3,(H,19,20). The zero-order chi connectivity index (χ0) is 15.1. The number of carbonyl (C=O) groups is 1. The van der Waals surface area contributed by atoms with Gasteiger partial charge in [-0.3, -0.25) is 4.79 Å². The molecule has 6 heteroatoms. The first kappa shape index (κ1) is 17.0. The number of carbonyl (C=O) groups excluding carboxylic acids is 1. The summed E-state index contributed by atoms with van der Waals surface area (Å²) < 4.78 is 38.9. The number of benzene rings is 1. The van der Waals surface area contributed by atoms with Gasteiger partial charge >= 0.3 is 0 Å². The Hall–Kier alpha value is -1.04. The lowest BCUT2D eigenvalue weighted by Crippen LogP contribution is -2.29. The minimum Gasteiger partial charge on any atom is -0.352 e. The molecule has 1 atom stereocenters. The fraction of sp³-hybridized carbons (Fsp3) is 0.500. The number of amides is 1. The maximum Gasteiger partial charge on any atom is 0.251 e. The van der Waals surface area contributed by atoms with Crippen molar-refractivity contribution in [1.29, 1.82) is 0 Å². The minimum absolute atomic E-state index is 0.213. The van der Waals surface area contributed by atoms with Crippen molar-refractivity contribution in [3.63, 3.8) is 0 Å². The lowest BCUT2D eigenvalue weighted by atomic mass is 10.0. The van der Waals surface area contributed by atoms with Crippen LogP contribution in [0.25, 0.3) is 0 Å². The lowest BCUT2D eigenvalue weighted by molar-refractivity contribution is 0.0945. The van der Waals surface area contributed by atoms with E-state index in [1.807, 2.05) is 6.92 Å². The molecule has 0 fully saturated rings. The average molecular weight is 352 g/mol. The first-order valence-corrected chi connectivity index (χ1v) is 7.60. The lowest BCUT2D eigenvalue weighted by Gasteiger charge is -2.15. The van der Waals surface area contributed by atoms with Gasteiger partial charge in [-0.2, -0.15) is 0 Å². The molecule has 0 aliphatic heterocycles. The molecule has 0 heterocycles. The topological polar surface area (TPSA) is 29.1 Å². The summed E-state index contributed by atoms with van der Waals surface area (Å²) in [4.78, 5) is 11.8. The zero-order valence-corrected chi connectivity index (χ0v) is 12.8. The fourth-order valence-electron chi connectivity index (χ4n) is 1.94. The van der Waals surface area contributed by atoms with Gasteiger partial charge in [0.05, 0.1) is 0 Å². The predicted octanol–water partition coefficient (Wildman–Crippen LogP) is 4.04. The monoisotopic (exact) mass is 351 g/mol. The van der Waals surface area contributed by atoms with E-state index >= 15 is 0 Å². The van der Waals surface area contributed by atoms with Gasteiger partial charge in [0.1, 0.15) is 0 Å². The second-order valence-electron chi connectivity index (χ2n) is 4.60. The van der Waals surface area contributed by atoms with E-state index in [1.165, 1.54) is 0 Å². The molecule has 1 amide bonds. The smallest absolute Gasteiger partial charge is 0.251 e. The molecular formula is C14H17BrF3NO. The number of nitrogens with one attached hydrogen (secondary N) is 1. The molecule has 20 heavy (non-hydrogen) atoms. The molecule has 0 spiro atoms. The van der Waals surface area contributed by atoms with Crippen LogP contribution in [0.1, 0.15) is 36.5 Å². The Bertz CT molecular complexity index is 439. The molecule has 1 aromatic carbocycles. The summed E-state index contributed by atoms with van der Waals surface area (Å²) in [6.45, 7) is 2.48. The van der Waals surface area contributed by atoms with Crippen LogP contribution in [-0.2, 0) is 0 Å². The van der Waals surface area contributed by atoms with Crippen LogP contribution < -0.4 is 5.32 Å². The van der Waals surface area contributed by atoms with Gasteiger partial charge in [-0.25, -0.2) is 13.2 Å². The van der Waals surface area contributed by atoms with Crippen LogP contribution in [0.4, 0.5) is 13.2 Å². The van der Waals surface area contributed by atoms with E-state index in [9.17, 15) is 18.0 Å². The van der Waals surface area contributed by atoms with Crippen molar-refractivity contribution in [2.75, 3.05) is 11.9 Å². The summed E-state index contributed by atoms with van der Waals surface area (Å²) in [5.74, 6) is -4.58. The molecule has 2 nitrogen and oxygen atoms in total. The van der Waals surface area contributed by atoms with Crippen LogP contribution in [0.2, 0.25) is 0 Å². The van der Waals surface area contributed by atoms with Crippen LogP contribution in [0.15, 0.2) is 12.1 Å². The molecule has 0 radical (unpaired) electrons. The molecule has 0 aliphatic carbocycles. The van der Waals surface area contributed by atoms with E-state index in [4.69, 9.17) is 0 Å². The third kappa shape index (κ3) is 4.81. The number of hydrogen-bond acceptors (Lipinski definition) is 1. The van der Waals surface area contributed by atoms with Gasteiger partial charge in [0.15, 0.2) is 17.5 Å². The summed E-state index contributed by atoms with van der Waals surface area (Å²) in [5, 5.41) is 3.45. The van der Waals surface area contributed by atoms with E-state index in [0.717, 1.165) is 24.6 Å². The van der Waals surface area contributed by atoms with E-state index < -0.39 is 23.4 Å². The van der Waals surface area contributed by atoms with E-state index in [1.54, 1.807) is 0 Å². The number of rotatable bonds is 7. The summed E-state index contributed by atoms with van der Waals surface area (Å²) in [5.41, 5.74) is -0.213. The maximum atomic E-state index is 13.0. The molecule has 1 unspecified atom stereocenters. The van der Waals surface area contributed by atoms with Gasteiger partial charge < -0.3 is 5.32 Å². The Morgan fingerprint density at radius 3 is 2.35 bits per heavy atom. The van der Waals surface area contributed by atoms with Gasteiger partial charge in [-0.1, -0.05) is 29.3 Å². The highest BCUT2D eigenvalue weighted by atomic mass is 79.9. The highest BCUT2D eigenvalue weighted by Gasteiger charge is 2.16. The van der Waals surface area contributed by atoms with Crippen molar-refractivity contribution >= 4 is 21.8 Å². The van der Waals surface area contributed by atoms with Crippen LogP contribution in [0.3, 0.4) is 0 Å². The molecule has 0 aliphatic rings. The van der Waals surface area contributed by atoms with E-state index in [2.05, 4.69) is 21.2 Å². The van der Waals surface area contributed by atoms with Crippen molar-refractivity contribution < 1.29 is 18.0 Å². The first-order chi connectivity index (χ1) is 9.49. The minimum atomic E-state index is -1.57. The predicted molar refractivity (Wildman–Crippen MR) is 75.5 cm³/mol. The van der Waals surface area contributed by atoms with Crippen molar-refractivity contribution in [3.8, 4) is 0 Å². The molecule has 112 valence electrons. The van der Waals surface area contributed by atoms with E-state index in [0.29, 0.717) is 24.6 Å². The molecule has 0 saturated heterocycles. The summed E-state index contributed by atoms with van der Waals surface area (Å²) in [6.07, 6.45) is 2.85. The van der Waals surface area contributed by atoms with E-state index in [-0.39, 0.29) is 5.56 Å². The average Bonchev–Trinajstić information content (AvgIpc) is 2.41. The van der Waals surface area contributed by atoms with Crippen molar-refractivity contribution in [1.82, 2.24) is 5.32 Å². The highest BCUT2D eigenvalue weighted by Crippen LogP contribution is 2.15. The third-order valence-electron chi connectivity index (χ3n) is 3.01. The second kappa shape index (κ2) is 8.29. The normalized spacial score (nSPS) is 12.2. The Balaban J connectivity index is 2.66. The zero-order valence-electron chi connectivity index (χ0n) is 11.2. The van der Waals surface area contributed by atoms with Crippen molar-refractivity contribution in [3.05, 3.63) is 35.1 Å². The number of alkyl halides is 1. The third-order valence-corrected chi connectivity index (χ3v) is 3.47. The molecule has 0 aromatic heterocycles. The molecule has 1 rings (SSSR count). The Morgan fingerprint density at radius 2 is 1.85 bits per heavy atom. The fourth-order valence-corrected chi connectivity index (χ4v) is 2.58. The quantitative estimate of drug-likeness (QED) is 0.583. The Labute approximate surface area is 124 Å². The first-order valence-electron chi connectivity index (χ1n) is 6.48. The van der Waals surface area contributed by atoms with Crippen LogP contribution in [0, 0.1) is 23.4 Å². The Morgan fingerprint density at radius 1 is 1.25 bits per heavy atom. The molecule has 1 N–H and O–H groups in total. The maximum absolute atomic E-state index is 13.0. The van der Waals surface area contributed by atoms with Gasteiger partial charge in [0.2, 0.25) is 0 Å². The number of halogens is 4. The molecule has 1 aromatic rings. The second-order valence-corrected chi connectivity index (χ2v) is 5.39. The Kier molecular flexibility index (Phi) is 7.05. The summed E-state index contributed by atoms with van der Waals surface area (Å²) in [7, 11) is 0. The van der Waals surface area contributed by atoms with Gasteiger partial charge in [-0.05, 0) is 30.9 Å². The van der Waals surface area contributed by atoms with Crippen molar-refractivity contribution in [2.24, 2.45) is 5.92 Å². The highest BCUT2D eigenvalue weighted by molar-refractivity contribution is 9.09. The van der Waals surface area contributed by atoms with Gasteiger partial charge in [0, 0.05) is 17.4 Å². The molecule has 0 bridgehead atoms. The molecular weight excluding hydrogens is 335 g/mol. The SMILES string of the molecule is CCCC(CCBr)CNC(=O)c1cc(F)c(F)c(F)c1. The van der Waals surface area contributed by atoms with Crippen molar-refractivity contribution in [2.45, 2.75) is 26.2 Å². The number of hydrogen-bond donors (Lipinski definition) is 1. The summed E-state index contributed by atoms with van der Waals surface area (Å²) >= 11 is 3.35. The van der Waals surface area contributed by atoms with Gasteiger partial charge in [-0.15, -0.1) is 0 Å². The van der Waals surface area contributed by atoms with Crippen LogP contribution >= 0.6 is 15.9 Å². The summed E-state index contributed by atoms with van der Waals surface area (Å²) in [6, 6.07) is 1.40. The molecule has 0 saturated carbocycles. The van der Waals surface area contributed by atoms with Crippen LogP contribution in [-0.4, -0.2) is 17.8 Å².